The van der Waals surface area contributed by atoms with E-state index in [1.807, 2.05) is 12.4 Å². The molecule has 0 aromatic carbocycles. The predicted molar refractivity (Wildman–Crippen MR) is 86.1 cm³/mol. The van der Waals surface area contributed by atoms with Crippen LogP contribution in [0.4, 0.5) is 11.5 Å². The molecule has 1 saturated heterocycles. The Morgan fingerprint density at radius 1 is 0.905 bits per heavy atom. The highest BCUT2D eigenvalue weighted by molar-refractivity contribution is 7.16. The van der Waals surface area contributed by atoms with E-state index in [-0.39, 0.29) is 0 Å². The van der Waals surface area contributed by atoms with Gasteiger partial charge in [0.2, 0.25) is 0 Å². The van der Waals surface area contributed by atoms with E-state index in [2.05, 4.69) is 48.3 Å². The van der Waals surface area contributed by atoms with E-state index in [9.17, 15) is 0 Å². The minimum Gasteiger partial charge on any atom is -0.368 e. The summed E-state index contributed by atoms with van der Waals surface area (Å²) in [6, 6.07) is 6.25. The second-order valence-corrected chi connectivity index (χ2v) is 5.91. The topological polar surface area (TPSA) is 45.2 Å². The van der Waals surface area contributed by atoms with E-state index in [0.717, 1.165) is 36.8 Å². The zero-order valence-electron chi connectivity index (χ0n) is 11.5. The number of rotatable bonds is 2. The van der Waals surface area contributed by atoms with Crippen LogP contribution in [-0.2, 0) is 0 Å². The Bertz CT molecular complexity index is 734. The number of thiophene rings is 1. The molecule has 0 radical (unpaired) electrons. The van der Waals surface area contributed by atoms with E-state index in [4.69, 9.17) is 0 Å². The molecule has 4 heterocycles. The van der Waals surface area contributed by atoms with Crippen molar-refractivity contribution >= 4 is 33.1 Å². The van der Waals surface area contributed by atoms with Gasteiger partial charge >= 0.3 is 0 Å². The van der Waals surface area contributed by atoms with Gasteiger partial charge in [-0.3, -0.25) is 4.98 Å². The number of anilines is 2. The number of fused-ring (bicyclic) bond motifs is 1. The van der Waals surface area contributed by atoms with Crippen LogP contribution in [0.15, 0.2) is 42.3 Å². The predicted octanol–water partition coefficient (Wildman–Crippen LogP) is 2.41. The molecule has 6 heteroatoms. The van der Waals surface area contributed by atoms with Crippen molar-refractivity contribution in [1.29, 1.82) is 0 Å². The molecule has 4 rings (SSSR count). The third-order valence-corrected chi connectivity index (χ3v) is 4.67. The fourth-order valence-electron chi connectivity index (χ4n) is 2.76. The number of piperazine rings is 1. The van der Waals surface area contributed by atoms with Gasteiger partial charge in [-0.05, 0) is 23.6 Å². The summed E-state index contributed by atoms with van der Waals surface area (Å²) in [7, 11) is 0. The largest absolute Gasteiger partial charge is 0.368 e. The second-order valence-electron chi connectivity index (χ2n) is 5.02. The molecular formula is C15H15N5S. The van der Waals surface area contributed by atoms with Gasteiger partial charge < -0.3 is 9.80 Å². The van der Waals surface area contributed by atoms with Gasteiger partial charge in [-0.25, -0.2) is 9.97 Å². The van der Waals surface area contributed by atoms with Crippen molar-refractivity contribution in [2.75, 3.05) is 36.0 Å². The minimum atomic E-state index is 0.976. The summed E-state index contributed by atoms with van der Waals surface area (Å²) in [5, 5.41) is 3.25. The van der Waals surface area contributed by atoms with E-state index >= 15 is 0 Å². The Hall–Kier alpha value is -2.21. The number of nitrogens with zero attached hydrogens (tertiary/aromatic N) is 5. The average molecular weight is 297 g/mol. The van der Waals surface area contributed by atoms with Crippen LogP contribution in [0.5, 0.6) is 0 Å². The normalized spacial score (nSPS) is 15.6. The first kappa shape index (κ1) is 12.5. The third kappa shape index (κ3) is 2.31. The van der Waals surface area contributed by atoms with Gasteiger partial charge in [0.05, 0.1) is 5.39 Å². The van der Waals surface area contributed by atoms with E-state index in [1.165, 1.54) is 11.1 Å². The highest BCUT2D eigenvalue weighted by Gasteiger charge is 2.20. The van der Waals surface area contributed by atoms with Gasteiger partial charge in [-0.1, -0.05) is 0 Å². The molecule has 0 unspecified atom stereocenters. The van der Waals surface area contributed by atoms with Gasteiger partial charge in [0.15, 0.2) is 0 Å². The summed E-state index contributed by atoms with van der Waals surface area (Å²) in [5.41, 5.74) is 1.24. The molecule has 5 nitrogen and oxygen atoms in total. The number of hydrogen-bond donors (Lipinski definition) is 0. The molecule has 3 aromatic rings. The van der Waals surface area contributed by atoms with Gasteiger partial charge in [-0.15, -0.1) is 11.3 Å². The SMILES string of the molecule is c1cc(N2CCN(c3ncnc4sccc34)CC2)ccn1. The van der Waals surface area contributed by atoms with Crippen molar-refractivity contribution in [3.63, 3.8) is 0 Å². The molecule has 106 valence electrons. The van der Waals surface area contributed by atoms with Crippen LogP contribution in [0.1, 0.15) is 0 Å². The van der Waals surface area contributed by atoms with Crippen molar-refractivity contribution in [3.8, 4) is 0 Å². The summed E-state index contributed by atoms with van der Waals surface area (Å²) in [5.74, 6) is 1.07. The fourth-order valence-corrected chi connectivity index (χ4v) is 3.49. The van der Waals surface area contributed by atoms with E-state index in [0.29, 0.717) is 0 Å². The van der Waals surface area contributed by atoms with Gasteiger partial charge in [0.1, 0.15) is 17.0 Å². The summed E-state index contributed by atoms with van der Waals surface area (Å²) >= 11 is 1.67. The molecule has 3 aromatic heterocycles. The van der Waals surface area contributed by atoms with Gasteiger partial charge in [-0.2, -0.15) is 0 Å². The van der Waals surface area contributed by atoms with Gasteiger partial charge in [0.25, 0.3) is 0 Å². The molecule has 0 aliphatic carbocycles. The summed E-state index contributed by atoms with van der Waals surface area (Å²) in [4.78, 5) is 18.7. The van der Waals surface area contributed by atoms with Crippen LogP contribution in [0.25, 0.3) is 10.2 Å². The Kier molecular flexibility index (Phi) is 3.16. The molecular weight excluding hydrogens is 282 g/mol. The molecule has 0 bridgehead atoms. The fraction of sp³-hybridized carbons (Fsp3) is 0.267. The Morgan fingerprint density at radius 2 is 1.67 bits per heavy atom. The average Bonchev–Trinajstić information content (AvgIpc) is 3.04. The van der Waals surface area contributed by atoms with E-state index < -0.39 is 0 Å². The molecule has 0 N–H and O–H groups in total. The quantitative estimate of drug-likeness (QED) is 0.727. The third-order valence-electron chi connectivity index (χ3n) is 3.85. The standard InChI is InChI=1S/C15H15N5S/c1-4-16-5-2-12(1)19-6-8-20(9-7-19)14-13-3-10-21-15(13)18-11-17-14/h1-5,10-11H,6-9H2. The summed E-state index contributed by atoms with van der Waals surface area (Å²) in [6.07, 6.45) is 5.37. The van der Waals surface area contributed by atoms with Crippen molar-refractivity contribution in [3.05, 3.63) is 42.3 Å². The maximum absolute atomic E-state index is 4.49. The summed E-state index contributed by atoms with van der Waals surface area (Å²) in [6.45, 7) is 3.95. The summed E-state index contributed by atoms with van der Waals surface area (Å²) < 4.78 is 0. The smallest absolute Gasteiger partial charge is 0.140 e. The maximum Gasteiger partial charge on any atom is 0.140 e. The lowest BCUT2D eigenvalue weighted by Gasteiger charge is -2.36. The molecule has 1 aliphatic rings. The monoisotopic (exact) mass is 297 g/mol. The molecule has 1 fully saturated rings. The molecule has 0 atom stereocenters. The van der Waals surface area contributed by atoms with Crippen LogP contribution < -0.4 is 9.80 Å². The molecule has 1 aliphatic heterocycles. The van der Waals surface area contributed by atoms with Crippen LogP contribution in [0, 0.1) is 0 Å². The lowest BCUT2D eigenvalue weighted by atomic mass is 10.2. The highest BCUT2D eigenvalue weighted by Crippen LogP contribution is 2.27. The van der Waals surface area contributed by atoms with Gasteiger partial charge in [0, 0.05) is 44.3 Å². The Morgan fingerprint density at radius 3 is 2.48 bits per heavy atom. The first-order chi connectivity index (χ1) is 10.4. The molecule has 0 saturated carbocycles. The minimum absolute atomic E-state index is 0.976. The number of pyridine rings is 1. The van der Waals surface area contributed by atoms with Crippen LogP contribution in [0.2, 0.25) is 0 Å². The molecule has 0 amide bonds. The van der Waals surface area contributed by atoms with Crippen molar-refractivity contribution in [2.45, 2.75) is 0 Å². The molecule has 0 spiro atoms. The Balaban J connectivity index is 1.54. The molecule has 21 heavy (non-hydrogen) atoms. The first-order valence-corrected chi connectivity index (χ1v) is 7.88. The van der Waals surface area contributed by atoms with Crippen molar-refractivity contribution in [1.82, 2.24) is 15.0 Å². The van der Waals surface area contributed by atoms with Crippen LogP contribution in [-0.4, -0.2) is 41.1 Å². The Labute approximate surface area is 126 Å². The van der Waals surface area contributed by atoms with Crippen molar-refractivity contribution < 1.29 is 0 Å². The lowest BCUT2D eigenvalue weighted by molar-refractivity contribution is 0.648. The zero-order chi connectivity index (χ0) is 14.1. The van der Waals surface area contributed by atoms with Crippen molar-refractivity contribution in [2.24, 2.45) is 0 Å². The lowest BCUT2D eigenvalue weighted by Crippen LogP contribution is -2.46. The van der Waals surface area contributed by atoms with Crippen LogP contribution >= 0.6 is 11.3 Å². The highest BCUT2D eigenvalue weighted by atomic mass is 32.1. The second kappa shape index (κ2) is 5.29. The van der Waals surface area contributed by atoms with E-state index in [1.54, 1.807) is 17.7 Å². The number of hydrogen-bond acceptors (Lipinski definition) is 6. The first-order valence-electron chi connectivity index (χ1n) is 7.00. The zero-order valence-corrected chi connectivity index (χ0v) is 12.3. The number of aromatic nitrogens is 3. The maximum atomic E-state index is 4.49. The van der Waals surface area contributed by atoms with Crippen LogP contribution in [0.3, 0.4) is 0 Å².